The SMILES string of the molecule is COC(=O)c1ccc(C(=O)N2CCCN2C(=O)Cn2ccc(-c3ccncc3)n2)nc1. The number of methoxy groups -OCH3 is 1. The van der Waals surface area contributed by atoms with Crippen molar-refractivity contribution in [1.82, 2.24) is 29.8 Å². The molecular weight excluding hydrogens is 400 g/mol. The average molecular weight is 420 g/mol. The number of carbonyl (C=O) groups excluding carboxylic acids is 3. The Bertz CT molecular complexity index is 1100. The minimum Gasteiger partial charge on any atom is -0.465 e. The van der Waals surface area contributed by atoms with Gasteiger partial charge in [0.15, 0.2) is 0 Å². The van der Waals surface area contributed by atoms with E-state index in [4.69, 9.17) is 0 Å². The van der Waals surface area contributed by atoms with E-state index >= 15 is 0 Å². The molecule has 0 unspecified atom stereocenters. The second-order valence-corrected chi connectivity index (χ2v) is 6.86. The van der Waals surface area contributed by atoms with Gasteiger partial charge in [0.05, 0.1) is 18.4 Å². The summed E-state index contributed by atoms with van der Waals surface area (Å²) in [5, 5.41) is 7.24. The number of pyridine rings is 2. The highest BCUT2D eigenvalue weighted by molar-refractivity contribution is 5.95. The van der Waals surface area contributed by atoms with E-state index < -0.39 is 11.9 Å². The van der Waals surface area contributed by atoms with Crippen LogP contribution in [0.4, 0.5) is 0 Å². The van der Waals surface area contributed by atoms with Crippen molar-refractivity contribution in [3.05, 3.63) is 66.4 Å². The molecule has 1 aliphatic rings. The fourth-order valence-corrected chi connectivity index (χ4v) is 3.32. The third-order valence-corrected chi connectivity index (χ3v) is 4.87. The number of hydrogen-bond donors (Lipinski definition) is 0. The zero-order chi connectivity index (χ0) is 21.8. The third-order valence-electron chi connectivity index (χ3n) is 4.87. The molecule has 2 amide bonds. The summed E-state index contributed by atoms with van der Waals surface area (Å²) in [6.45, 7) is 0.846. The Kier molecular flexibility index (Phi) is 5.69. The molecule has 0 bridgehead atoms. The molecular formula is C21H20N6O4. The van der Waals surface area contributed by atoms with Gasteiger partial charge in [-0.05, 0) is 36.8 Å². The highest BCUT2D eigenvalue weighted by Crippen LogP contribution is 2.17. The highest BCUT2D eigenvalue weighted by Gasteiger charge is 2.32. The predicted molar refractivity (Wildman–Crippen MR) is 108 cm³/mol. The summed E-state index contributed by atoms with van der Waals surface area (Å²) >= 11 is 0. The van der Waals surface area contributed by atoms with Crippen LogP contribution in [0.1, 0.15) is 27.3 Å². The van der Waals surface area contributed by atoms with E-state index in [0.29, 0.717) is 19.5 Å². The molecule has 1 aliphatic heterocycles. The van der Waals surface area contributed by atoms with Gasteiger partial charge in [0.25, 0.3) is 11.8 Å². The first-order valence-electron chi connectivity index (χ1n) is 9.67. The van der Waals surface area contributed by atoms with Gasteiger partial charge in [-0.3, -0.25) is 24.2 Å². The number of ether oxygens (including phenoxy) is 1. The maximum atomic E-state index is 12.9. The normalized spacial score (nSPS) is 13.3. The summed E-state index contributed by atoms with van der Waals surface area (Å²) in [6, 6.07) is 8.42. The van der Waals surface area contributed by atoms with Gasteiger partial charge in [0.1, 0.15) is 12.2 Å². The molecule has 158 valence electrons. The molecule has 10 nitrogen and oxygen atoms in total. The van der Waals surface area contributed by atoms with E-state index in [0.717, 1.165) is 11.3 Å². The Morgan fingerprint density at radius 1 is 1.03 bits per heavy atom. The van der Waals surface area contributed by atoms with E-state index in [9.17, 15) is 14.4 Å². The van der Waals surface area contributed by atoms with Crippen LogP contribution in [-0.2, 0) is 16.1 Å². The van der Waals surface area contributed by atoms with Crippen molar-refractivity contribution in [3.8, 4) is 11.3 Å². The predicted octanol–water partition coefficient (Wildman–Crippen LogP) is 1.42. The summed E-state index contributed by atoms with van der Waals surface area (Å²) in [7, 11) is 1.27. The van der Waals surface area contributed by atoms with Crippen LogP contribution < -0.4 is 0 Å². The second-order valence-electron chi connectivity index (χ2n) is 6.86. The van der Waals surface area contributed by atoms with Crippen molar-refractivity contribution in [2.45, 2.75) is 13.0 Å². The standard InChI is InChI=1S/C21H20N6O4/c1-31-21(30)16-3-4-18(23-13-16)20(29)27-11-2-10-26(27)19(28)14-25-12-7-17(24-25)15-5-8-22-9-6-15/h3-9,12-13H,2,10-11,14H2,1H3. The van der Waals surface area contributed by atoms with Crippen molar-refractivity contribution in [2.75, 3.05) is 20.2 Å². The molecule has 3 aromatic rings. The van der Waals surface area contributed by atoms with Gasteiger partial charge in [-0.2, -0.15) is 5.10 Å². The zero-order valence-electron chi connectivity index (χ0n) is 16.8. The smallest absolute Gasteiger partial charge is 0.339 e. The number of aromatic nitrogens is 4. The van der Waals surface area contributed by atoms with Crippen molar-refractivity contribution >= 4 is 17.8 Å². The Hall–Kier alpha value is -4.08. The maximum Gasteiger partial charge on any atom is 0.339 e. The molecule has 4 heterocycles. The molecule has 0 N–H and O–H groups in total. The highest BCUT2D eigenvalue weighted by atomic mass is 16.5. The van der Waals surface area contributed by atoms with E-state index in [1.54, 1.807) is 23.3 Å². The van der Waals surface area contributed by atoms with Gasteiger partial charge in [-0.15, -0.1) is 0 Å². The van der Waals surface area contributed by atoms with E-state index in [-0.39, 0.29) is 23.7 Å². The maximum absolute atomic E-state index is 12.9. The van der Waals surface area contributed by atoms with Crippen LogP contribution in [0, 0.1) is 0 Å². The summed E-state index contributed by atoms with van der Waals surface area (Å²) in [5.74, 6) is -1.18. The third kappa shape index (κ3) is 4.27. The average Bonchev–Trinajstić information content (AvgIpc) is 3.49. The minimum absolute atomic E-state index is 0.00354. The zero-order valence-corrected chi connectivity index (χ0v) is 16.8. The number of hydrogen-bond acceptors (Lipinski definition) is 7. The molecule has 1 saturated heterocycles. The second kappa shape index (κ2) is 8.74. The lowest BCUT2D eigenvalue weighted by molar-refractivity contribution is -0.141. The Morgan fingerprint density at radius 3 is 2.52 bits per heavy atom. The molecule has 1 fully saturated rings. The van der Waals surface area contributed by atoms with Crippen LogP contribution in [0.3, 0.4) is 0 Å². The number of hydrazine groups is 1. The van der Waals surface area contributed by atoms with Crippen molar-refractivity contribution in [2.24, 2.45) is 0 Å². The first-order valence-corrected chi connectivity index (χ1v) is 9.67. The van der Waals surface area contributed by atoms with Crippen LogP contribution in [0.2, 0.25) is 0 Å². The monoisotopic (exact) mass is 420 g/mol. The fourth-order valence-electron chi connectivity index (χ4n) is 3.32. The van der Waals surface area contributed by atoms with Crippen molar-refractivity contribution in [3.63, 3.8) is 0 Å². The number of esters is 1. The van der Waals surface area contributed by atoms with Gasteiger partial charge in [0.2, 0.25) is 0 Å². The molecule has 0 saturated carbocycles. The molecule has 0 aliphatic carbocycles. The molecule has 0 radical (unpaired) electrons. The van der Waals surface area contributed by atoms with Gasteiger partial charge < -0.3 is 4.74 Å². The number of carbonyl (C=O) groups is 3. The largest absolute Gasteiger partial charge is 0.465 e. The first-order chi connectivity index (χ1) is 15.1. The molecule has 0 atom stereocenters. The van der Waals surface area contributed by atoms with E-state index in [1.165, 1.54) is 35.5 Å². The molecule has 31 heavy (non-hydrogen) atoms. The molecule has 0 aromatic carbocycles. The number of amides is 2. The van der Waals surface area contributed by atoms with Crippen molar-refractivity contribution in [1.29, 1.82) is 0 Å². The van der Waals surface area contributed by atoms with Crippen LogP contribution in [0.15, 0.2) is 55.1 Å². The van der Waals surface area contributed by atoms with Crippen LogP contribution in [-0.4, -0.2) is 67.7 Å². The number of rotatable bonds is 5. The van der Waals surface area contributed by atoms with Gasteiger partial charge in [-0.1, -0.05) is 0 Å². The summed E-state index contributed by atoms with van der Waals surface area (Å²) in [4.78, 5) is 45.3. The number of nitrogens with zero attached hydrogens (tertiary/aromatic N) is 6. The van der Waals surface area contributed by atoms with Crippen LogP contribution in [0.25, 0.3) is 11.3 Å². The molecule has 0 spiro atoms. The summed E-state index contributed by atoms with van der Waals surface area (Å²) < 4.78 is 6.18. The molecule has 4 rings (SSSR count). The minimum atomic E-state index is -0.533. The quantitative estimate of drug-likeness (QED) is 0.574. The molecule has 3 aromatic heterocycles. The van der Waals surface area contributed by atoms with Crippen LogP contribution in [0.5, 0.6) is 0 Å². The van der Waals surface area contributed by atoms with Crippen molar-refractivity contribution < 1.29 is 19.1 Å². The topological polar surface area (TPSA) is 111 Å². The lowest BCUT2D eigenvalue weighted by Crippen LogP contribution is -2.46. The summed E-state index contributed by atoms with van der Waals surface area (Å²) in [6.07, 6.45) is 7.03. The van der Waals surface area contributed by atoms with E-state index in [2.05, 4.69) is 19.8 Å². The lowest BCUT2D eigenvalue weighted by Gasteiger charge is -2.27. The fraction of sp³-hybridized carbons (Fsp3) is 0.238. The van der Waals surface area contributed by atoms with Gasteiger partial charge in [0, 0.05) is 43.4 Å². The Balaban J connectivity index is 1.44. The first kappa shape index (κ1) is 20.2. The lowest BCUT2D eigenvalue weighted by atomic mass is 10.2. The Morgan fingerprint density at radius 2 is 1.81 bits per heavy atom. The van der Waals surface area contributed by atoms with Crippen LogP contribution >= 0.6 is 0 Å². The Labute approximate surface area is 178 Å². The molecule has 10 heteroatoms. The van der Waals surface area contributed by atoms with E-state index in [1.807, 2.05) is 18.2 Å². The van der Waals surface area contributed by atoms with Gasteiger partial charge in [-0.25, -0.2) is 14.8 Å². The van der Waals surface area contributed by atoms with Gasteiger partial charge >= 0.3 is 5.97 Å². The summed E-state index contributed by atoms with van der Waals surface area (Å²) in [5.41, 5.74) is 2.03.